The van der Waals surface area contributed by atoms with Crippen LogP contribution in [0.1, 0.15) is 33.1 Å². The zero-order chi connectivity index (χ0) is 11.0. The first-order valence-corrected chi connectivity index (χ1v) is 5.26. The van der Waals surface area contributed by atoms with Crippen molar-refractivity contribution in [3.63, 3.8) is 0 Å². The lowest BCUT2D eigenvalue weighted by atomic mass is 10.0. The molecule has 0 radical (unpaired) electrons. The van der Waals surface area contributed by atoms with Crippen LogP contribution in [0.4, 0.5) is 0 Å². The summed E-state index contributed by atoms with van der Waals surface area (Å²) in [6.07, 6.45) is 1.62. The van der Waals surface area contributed by atoms with Crippen LogP contribution in [0, 0.1) is 5.92 Å². The molecule has 0 rings (SSSR count). The lowest BCUT2D eigenvalue weighted by Gasteiger charge is -2.17. The van der Waals surface area contributed by atoms with E-state index in [1.165, 1.54) is 0 Å². The first-order chi connectivity index (χ1) is 6.61. The molecule has 4 N–H and O–H groups in total. The molecule has 0 aliphatic rings. The molecule has 0 aromatic rings. The van der Waals surface area contributed by atoms with Gasteiger partial charge >= 0.3 is 0 Å². The summed E-state index contributed by atoms with van der Waals surface area (Å²) >= 11 is 0. The fraction of sp³-hybridized carbons (Fsp3) is 0.900. The molecule has 0 aliphatic heterocycles. The summed E-state index contributed by atoms with van der Waals surface area (Å²) in [6, 6.07) is 0. The first-order valence-electron chi connectivity index (χ1n) is 5.26. The molecule has 0 saturated heterocycles. The Hall–Kier alpha value is -0.320. The molecule has 2 unspecified atom stereocenters. The van der Waals surface area contributed by atoms with Gasteiger partial charge in [0.25, 0.3) is 0 Å². The van der Waals surface area contributed by atoms with Crippen molar-refractivity contribution in [1.29, 1.82) is 0 Å². The molecule has 0 saturated carbocycles. The molecule has 15 heavy (non-hydrogen) atoms. The van der Waals surface area contributed by atoms with Crippen LogP contribution in [0.25, 0.3) is 0 Å². The van der Waals surface area contributed by atoms with Crippen LogP contribution in [0.3, 0.4) is 0 Å². The molecule has 1 amide bonds. The minimum Gasteiger partial charge on any atom is -0.391 e. The van der Waals surface area contributed by atoms with E-state index in [1.807, 2.05) is 13.8 Å². The van der Waals surface area contributed by atoms with Crippen LogP contribution < -0.4 is 11.1 Å². The number of aliphatic hydroxyl groups excluding tert-OH is 1. The maximum atomic E-state index is 11.1. The van der Waals surface area contributed by atoms with Crippen molar-refractivity contribution in [2.45, 2.75) is 39.2 Å². The summed E-state index contributed by atoms with van der Waals surface area (Å²) in [5, 5.41) is 12.2. The van der Waals surface area contributed by atoms with Gasteiger partial charge in [-0.2, -0.15) is 0 Å². The topological polar surface area (TPSA) is 75.3 Å². The number of rotatable bonds is 7. The monoisotopic (exact) mass is 238 g/mol. The van der Waals surface area contributed by atoms with Gasteiger partial charge in [0.05, 0.1) is 6.10 Å². The van der Waals surface area contributed by atoms with Gasteiger partial charge in [-0.25, -0.2) is 0 Å². The molecule has 5 heteroatoms. The first kappa shape index (κ1) is 17.1. The number of amides is 1. The van der Waals surface area contributed by atoms with Crippen LogP contribution in [0.2, 0.25) is 0 Å². The van der Waals surface area contributed by atoms with E-state index >= 15 is 0 Å². The zero-order valence-electron chi connectivity index (χ0n) is 9.53. The Morgan fingerprint density at radius 1 is 1.53 bits per heavy atom. The lowest BCUT2D eigenvalue weighted by Crippen LogP contribution is -2.35. The molecule has 0 spiro atoms. The molecule has 0 aliphatic carbocycles. The Balaban J connectivity index is 0. The SMILES string of the molecule is CCC(C)C(O)CNC(=O)CCCN.Cl. The van der Waals surface area contributed by atoms with Crippen LogP contribution in [-0.4, -0.2) is 30.2 Å². The summed E-state index contributed by atoms with van der Waals surface area (Å²) in [6.45, 7) is 4.86. The van der Waals surface area contributed by atoms with E-state index in [0.29, 0.717) is 25.9 Å². The minimum atomic E-state index is -0.443. The van der Waals surface area contributed by atoms with Gasteiger partial charge in [-0.3, -0.25) is 4.79 Å². The predicted molar refractivity (Wildman–Crippen MR) is 64.0 cm³/mol. The lowest BCUT2D eigenvalue weighted by molar-refractivity contribution is -0.121. The number of hydrogen-bond acceptors (Lipinski definition) is 3. The third-order valence-electron chi connectivity index (χ3n) is 2.42. The molecule has 0 aromatic heterocycles. The van der Waals surface area contributed by atoms with Crippen LogP contribution >= 0.6 is 12.4 Å². The highest BCUT2D eigenvalue weighted by Gasteiger charge is 2.12. The molecule has 0 heterocycles. The van der Waals surface area contributed by atoms with Gasteiger partial charge in [0.2, 0.25) is 5.91 Å². The Labute approximate surface area is 98.0 Å². The Bertz CT molecular complexity index is 168. The summed E-state index contributed by atoms with van der Waals surface area (Å²) in [5.41, 5.74) is 5.27. The number of aliphatic hydroxyl groups is 1. The molecule has 0 fully saturated rings. The summed E-state index contributed by atoms with van der Waals surface area (Å²) < 4.78 is 0. The highest BCUT2D eigenvalue weighted by atomic mass is 35.5. The second-order valence-electron chi connectivity index (χ2n) is 3.65. The maximum Gasteiger partial charge on any atom is 0.220 e. The maximum absolute atomic E-state index is 11.1. The second-order valence-corrected chi connectivity index (χ2v) is 3.65. The van der Waals surface area contributed by atoms with Gasteiger partial charge in [-0.15, -0.1) is 12.4 Å². The van der Waals surface area contributed by atoms with Crippen molar-refractivity contribution in [1.82, 2.24) is 5.32 Å². The van der Waals surface area contributed by atoms with Gasteiger partial charge in [0.15, 0.2) is 0 Å². The molecule has 4 nitrogen and oxygen atoms in total. The number of nitrogens with one attached hydrogen (secondary N) is 1. The smallest absolute Gasteiger partial charge is 0.220 e. The van der Waals surface area contributed by atoms with Crippen LogP contribution in [0.5, 0.6) is 0 Å². The fourth-order valence-electron chi connectivity index (χ4n) is 1.04. The highest BCUT2D eigenvalue weighted by Crippen LogP contribution is 2.05. The van der Waals surface area contributed by atoms with Gasteiger partial charge in [-0.05, 0) is 18.9 Å². The third-order valence-corrected chi connectivity index (χ3v) is 2.42. The number of halogens is 1. The van der Waals surface area contributed by atoms with E-state index in [2.05, 4.69) is 5.32 Å². The quantitative estimate of drug-likeness (QED) is 0.610. The molecule has 2 atom stereocenters. The van der Waals surface area contributed by atoms with Crippen LogP contribution in [-0.2, 0) is 4.79 Å². The van der Waals surface area contributed by atoms with Crippen molar-refractivity contribution in [2.24, 2.45) is 11.7 Å². The van der Waals surface area contributed by atoms with Crippen molar-refractivity contribution >= 4 is 18.3 Å². The summed E-state index contributed by atoms with van der Waals surface area (Å²) in [5.74, 6) is 0.197. The molecule has 0 bridgehead atoms. The largest absolute Gasteiger partial charge is 0.391 e. The van der Waals surface area contributed by atoms with E-state index in [9.17, 15) is 9.90 Å². The van der Waals surface area contributed by atoms with E-state index in [4.69, 9.17) is 5.73 Å². The van der Waals surface area contributed by atoms with E-state index in [1.54, 1.807) is 0 Å². The Morgan fingerprint density at radius 3 is 2.60 bits per heavy atom. The Morgan fingerprint density at radius 2 is 2.13 bits per heavy atom. The van der Waals surface area contributed by atoms with Gasteiger partial charge in [-0.1, -0.05) is 20.3 Å². The molecule has 92 valence electrons. The van der Waals surface area contributed by atoms with E-state index in [-0.39, 0.29) is 24.2 Å². The molecule has 0 aromatic carbocycles. The second kappa shape index (κ2) is 10.2. The zero-order valence-corrected chi connectivity index (χ0v) is 10.3. The van der Waals surface area contributed by atoms with Crippen molar-refractivity contribution in [3.05, 3.63) is 0 Å². The van der Waals surface area contributed by atoms with Crippen molar-refractivity contribution in [3.8, 4) is 0 Å². The average molecular weight is 239 g/mol. The van der Waals surface area contributed by atoms with E-state index < -0.39 is 6.10 Å². The summed E-state index contributed by atoms with van der Waals surface area (Å²) in [4.78, 5) is 11.1. The minimum absolute atomic E-state index is 0. The average Bonchev–Trinajstić information content (AvgIpc) is 2.21. The van der Waals surface area contributed by atoms with E-state index in [0.717, 1.165) is 6.42 Å². The number of hydrogen-bond donors (Lipinski definition) is 3. The Kier molecular flexibility index (Phi) is 11.6. The normalized spacial score (nSPS) is 13.9. The summed E-state index contributed by atoms with van der Waals surface area (Å²) in [7, 11) is 0. The van der Waals surface area contributed by atoms with Crippen molar-refractivity contribution in [2.75, 3.05) is 13.1 Å². The van der Waals surface area contributed by atoms with Gasteiger partial charge in [0.1, 0.15) is 0 Å². The van der Waals surface area contributed by atoms with Gasteiger partial charge in [0, 0.05) is 13.0 Å². The fourth-order valence-corrected chi connectivity index (χ4v) is 1.04. The third kappa shape index (κ3) is 8.66. The standard InChI is InChI=1S/C10H22N2O2.ClH/c1-3-8(2)9(13)7-12-10(14)5-4-6-11;/h8-9,13H,3-7,11H2,1-2H3,(H,12,14);1H. The van der Waals surface area contributed by atoms with Gasteiger partial charge < -0.3 is 16.2 Å². The molecular formula is C10H23ClN2O2. The highest BCUT2D eigenvalue weighted by molar-refractivity contribution is 5.85. The predicted octanol–water partition coefficient (Wildman–Crippen LogP) is 0.670. The number of carbonyl (C=O) groups excluding carboxylic acids is 1. The number of nitrogens with two attached hydrogens (primary N) is 1. The van der Waals surface area contributed by atoms with Crippen molar-refractivity contribution < 1.29 is 9.90 Å². The van der Waals surface area contributed by atoms with Crippen LogP contribution in [0.15, 0.2) is 0 Å². The number of carbonyl (C=O) groups is 1. The molecular weight excluding hydrogens is 216 g/mol.